The van der Waals surface area contributed by atoms with E-state index in [0.717, 1.165) is 24.1 Å². The average molecular weight is 351 g/mol. The van der Waals surface area contributed by atoms with Gasteiger partial charge in [-0.25, -0.2) is 0 Å². The fourth-order valence-corrected chi connectivity index (χ4v) is 3.58. The highest BCUT2D eigenvalue weighted by atomic mass is 16.3. The number of nitrogens with one attached hydrogen (secondary N) is 1. The predicted octanol–water partition coefficient (Wildman–Crippen LogP) is 5.00. The van der Waals surface area contributed by atoms with Crippen molar-refractivity contribution in [1.82, 2.24) is 0 Å². The maximum atomic E-state index is 12.7. The number of anilines is 1. The van der Waals surface area contributed by atoms with Crippen LogP contribution in [0.5, 0.6) is 0 Å². The molecule has 0 radical (unpaired) electrons. The van der Waals surface area contributed by atoms with Gasteiger partial charge in [0.25, 0.3) is 5.91 Å². The van der Waals surface area contributed by atoms with E-state index >= 15 is 0 Å². The molecule has 1 amide bonds. The van der Waals surface area contributed by atoms with Crippen molar-refractivity contribution in [3.8, 4) is 0 Å². The lowest BCUT2D eigenvalue weighted by atomic mass is 9.86. The van der Waals surface area contributed by atoms with Crippen LogP contribution in [0.2, 0.25) is 0 Å². The predicted molar refractivity (Wildman–Crippen MR) is 107 cm³/mol. The van der Waals surface area contributed by atoms with Crippen molar-refractivity contribution >= 4 is 11.6 Å². The summed E-state index contributed by atoms with van der Waals surface area (Å²) < 4.78 is 0. The quantitative estimate of drug-likeness (QED) is 0.765. The monoisotopic (exact) mass is 351 g/mol. The summed E-state index contributed by atoms with van der Waals surface area (Å²) in [7, 11) is 0. The van der Waals surface area contributed by atoms with Crippen molar-refractivity contribution in [1.29, 1.82) is 0 Å². The fraction of sp³-hybridized carbons (Fsp3) is 0.435. The molecule has 2 aromatic carbocycles. The minimum absolute atomic E-state index is 0.0636. The smallest absolute Gasteiger partial charge is 0.255 e. The molecule has 138 valence electrons. The number of fused-ring (bicyclic) bond motifs is 1. The summed E-state index contributed by atoms with van der Waals surface area (Å²) in [6.45, 7) is 6.41. The van der Waals surface area contributed by atoms with Gasteiger partial charge in [0.2, 0.25) is 0 Å². The number of aliphatic hydroxyl groups is 1. The van der Waals surface area contributed by atoms with E-state index in [-0.39, 0.29) is 17.9 Å². The molecule has 0 heterocycles. The molecule has 0 aliphatic heterocycles. The minimum atomic E-state index is -0.131. The SMILES string of the molecule is CC(C)(C)c1ccc(C(=O)Nc2cc3c(cc2CO)CCCCC3)cc1. The highest BCUT2D eigenvalue weighted by Gasteiger charge is 2.16. The zero-order valence-corrected chi connectivity index (χ0v) is 16.1. The summed E-state index contributed by atoms with van der Waals surface area (Å²) in [5.41, 5.74) is 6.06. The molecule has 1 aliphatic rings. The number of hydrogen-bond donors (Lipinski definition) is 2. The van der Waals surface area contributed by atoms with Crippen LogP contribution in [0.15, 0.2) is 36.4 Å². The van der Waals surface area contributed by atoms with E-state index in [1.54, 1.807) is 0 Å². The molecule has 2 aromatic rings. The summed E-state index contributed by atoms with van der Waals surface area (Å²) in [4.78, 5) is 12.7. The van der Waals surface area contributed by atoms with E-state index in [1.165, 1.54) is 36.0 Å². The van der Waals surface area contributed by atoms with Crippen molar-refractivity contribution in [2.24, 2.45) is 0 Å². The molecule has 0 aromatic heterocycles. The number of aryl methyl sites for hydroxylation is 2. The molecule has 2 N–H and O–H groups in total. The number of hydrogen-bond acceptors (Lipinski definition) is 2. The molecular formula is C23H29NO2. The van der Waals surface area contributed by atoms with Crippen molar-refractivity contribution in [3.63, 3.8) is 0 Å². The lowest BCUT2D eigenvalue weighted by Gasteiger charge is -2.19. The molecule has 3 nitrogen and oxygen atoms in total. The second-order valence-electron chi connectivity index (χ2n) is 8.28. The van der Waals surface area contributed by atoms with Gasteiger partial charge in [0.1, 0.15) is 0 Å². The van der Waals surface area contributed by atoms with Crippen LogP contribution in [0.1, 0.15) is 72.6 Å². The Bertz CT molecular complexity index is 785. The molecular weight excluding hydrogens is 322 g/mol. The standard InChI is InChI=1S/C23H29NO2/c1-23(2,3)20-11-9-16(10-12-20)22(26)24-21-14-18-8-6-4-5-7-17(18)13-19(21)15-25/h9-14,25H,4-8,15H2,1-3H3,(H,24,26). The van der Waals surface area contributed by atoms with E-state index in [4.69, 9.17) is 0 Å². The molecule has 0 bridgehead atoms. The van der Waals surface area contributed by atoms with E-state index < -0.39 is 0 Å². The number of rotatable bonds is 3. The average Bonchev–Trinajstić information content (AvgIpc) is 2.85. The molecule has 0 saturated heterocycles. The second kappa shape index (κ2) is 7.63. The number of benzene rings is 2. The minimum Gasteiger partial charge on any atom is -0.392 e. The molecule has 3 rings (SSSR count). The van der Waals surface area contributed by atoms with Crippen LogP contribution in [-0.2, 0) is 24.9 Å². The van der Waals surface area contributed by atoms with Gasteiger partial charge >= 0.3 is 0 Å². The van der Waals surface area contributed by atoms with E-state index in [0.29, 0.717) is 5.56 Å². The third kappa shape index (κ3) is 4.16. The third-order valence-corrected chi connectivity index (χ3v) is 5.25. The van der Waals surface area contributed by atoms with Crippen molar-refractivity contribution in [3.05, 3.63) is 64.2 Å². The van der Waals surface area contributed by atoms with Crippen LogP contribution in [0.4, 0.5) is 5.69 Å². The van der Waals surface area contributed by atoms with Crippen LogP contribution >= 0.6 is 0 Å². The van der Waals surface area contributed by atoms with E-state index in [2.05, 4.69) is 38.2 Å². The normalized spacial score (nSPS) is 14.5. The van der Waals surface area contributed by atoms with Crippen LogP contribution < -0.4 is 5.32 Å². The summed E-state index contributed by atoms with van der Waals surface area (Å²) in [5.74, 6) is -0.131. The molecule has 0 atom stereocenters. The topological polar surface area (TPSA) is 49.3 Å². The lowest BCUT2D eigenvalue weighted by Crippen LogP contribution is -2.15. The Hall–Kier alpha value is -2.13. The summed E-state index contributed by atoms with van der Waals surface area (Å²) >= 11 is 0. The first-order chi connectivity index (χ1) is 12.4. The Balaban J connectivity index is 1.83. The largest absolute Gasteiger partial charge is 0.392 e. The van der Waals surface area contributed by atoms with Crippen molar-refractivity contribution in [2.75, 3.05) is 5.32 Å². The molecule has 1 aliphatic carbocycles. The number of amides is 1. The number of carbonyl (C=O) groups is 1. The van der Waals surface area contributed by atoms with Gasteiger partial charge in [-0.05, 0) is 66.0 Å². The van der Waals surface area contributed by atoms with Crippen LogP contribution in [0.3, 0.4) is 0 Å². The van der Waals surface area contributed by atoms with Gasteiger partial charge in [-0.15, -0.1) is 0 Å². The van der Waals surface area contributed by atoms with Gasteiger partial charge in [0, 0.05) is 16.8 Å². The Kier molecular flexibility index (Phi) is 5.47. The van der Waals surface area contributed by atoms with Gasteiger partial charge < -0.3 is 10.4 Å². The van der Waals surface area contributed by atoms with Gasteiger partial charge in [0.15, 0.2) is 0 Å². The van der Waals surface area contributed by atoms with Gasteiger partial charge in [-0.1, -0.05) is 45.4 Å². The Morgan fingerprint density at radius 2 is 1.62 bits per heavy atom. The first-order valence-electron chi connectivity index (χ1n) is 9.56. The van der Waals surface area contributed by atoms with E-state index in [1.807, 2.05) is 24.3 Å². The second-order valence-corrected chi connectivity index (χ2v) is 8.28. The number of carbonyl (C=O) groups excluding carboxylic acids is 1. The highest BCUT2D eigenvalue weighted by Crippen LogP contribution is 2.28. The molecule has 0 saturated carbocycles. The molecule has 3 heteroatoms. The molecule has 0 spiro atoms. The zero-order valence-electron chi connectivity index (χ0n) is 16.1. The highest BCUT2D eigenvalue weighted by molar-refractivity contribution is 6.04. The van der Waals surface area contributed by atoms with Crippen molar-refractivity contribution < 1.29 is 9.90 Å². The third-order valence-electron chi connectivity index (χ3n) is 5.25. The van der Waals surface area contributed by atoms with Gasteiger partial charge in [0.05, 0.1) is 6.61 Å². The summed E-state index contributed by atoms with van der Waals surface area (Å²) in [5, 5.41) is 12.8. The van der Waals surface area contributed by atoms with Crippen LogP contribution in [-0.4, -0.2) is 11.0 Å². The van der Waals surface area contributed by atoms with Gasteiger partial charge in [-0.3, -0.25) is 4.79 Å². The van der Waals surface area contributed by atoms with E-state index in [9.17, 15) is 9.90 Å². The van der Waals surface area contributed by atoms with Crippen molar-refractivity contribution in [2.45, 2.75) is 64.9 Å². The number of aliphatic hydroxyl groups excluding tert-OH is 1. The zero-order chi connectivity index (χ0) is 18.7. The Morgan fingerprint density at radius 1 is 1.00 bits per heavy atom. The Labute approximate surface area is 156 Å². The van der Waals surface area contributed by atoms with Gasteiger partial charge in [-0.2, -0.15) is 0 Å². The first kappa shape index (κ1) is 18.7. The maximum absolute atomic E-state index is 12.7. The summed E-state index contributed by atoms with van der Waals surface area (Å²) in [6.07, 6.45) is 5.73. The molecule has 0 fully saturated rings. The first-order valence-corrected chi connectivity index (χ1v) is 9.56. The Morgan fingerprint density at radius 3 is 2.19 bits per heavy atom. The molecule has 26 heavy (non-hydrogen) atoms. The van der Waals surface area contributed by atoms with Crippen LogP contribution in [0, 0.1) is 0 Å². The lowest BCUT2D eigenvalue weighted by molar-refractivity contribution is 0.102. The summed E-state index contributed by atoms with van der Waals surface area (Å²) in [6, 6.07) is 11.9. The fourth-order valence-electron chi connectivity index (χ4n) is 3.58. The van der Waals surface area contributed by atoms with Crippen LogP contribution in [0.25, 0.3) is 0 Å². The maximum Gasteiger partial charge on any atom is 0.255 e. The molecule has 0 unspecified atom stereocenters.